The molecule has 0 atom stereocenters. The van der Waals surface area contributed by atoms with Crippen LogP contribution < -0.4 is 28.5 Å². The molecule has 0 radical (unpaired) electrons. The summed E-state index contributed by atoms with van der Waals surface area (Å²) in [5, 5.41) is 4.69. The van der Waals surface area contributed by atoms with E-state index in [2.05, 4.69) is 15.0 Å². The molecule has 4 heterocycles. The molecule has 258 valence electrons. The quantitative estimate of drug-likeness (QED) is 0.115. The standard InChI is InChI=1S/C10H9ClN2.C10H9FN2.C10H10N2O.C10H10N2/c2*1-6-2-3-7-9(13-6)5-4-8(11)10(7)12;1-12-6-5-7-8(10(12)13)3-2-4-9(7)11;1-7-5-6-8-9(11)3-2-4-10(8)12-7/h2*2-5H,12H2,1H3;2-6H,11H2,1H3;2-6H,11H2,1H3. The van der Waals surface area contributed by atoms with Gasteiger partial charge in [0, 0.05) is 68.6 Å². The van der Waals surface area contributed by atoms with Gasteiger partial charge in [-0.25, -0.2) is 4.39 Å². The molecule has 9 nitrogen and oxygen atoms in total. The molecule has 4 aromatic heterocycles. The molecular weight excluding hydrogens is 663 g/mol. The lowest BCUT2D eigenvalue weighted by atomic mass is 10.1. The van der Waals surface area contributed by atoms with Gasteiger partial charge in [0.25, 0.3) is 5.56 Å². The van der Waals surface area contributed by atoms with Crippen LogP contribution in [0.2, 0.25) is 5.02 Å². The number of nitrogen functional groups attached to an aromatic ring is 4. The number of aryl methyl sites for hydroxylation is 4. The summed E-state index contributed by atoms with van der Waals surface area (Å²) in [4.78, 5) is 24.5. The highest BCUT2D eigenvalue weighted by Crippen LogP contribution is 2.27. The van der Waals surface area contributed by atoms with Gasteiger partial charge in [0.15, 0.2) is 0 Å². The molecular formula is C40H38ClFN8O. The van der Waals surface area contributed by atoms with E-state index >= 15 is 0 Å². The Balaban J connectivity index is 0.000000132. The average Bonchev–Trinajstić information content (AvgIpc) is 3.11. The second-order valence-electron chi connectivity index (χ2n) is 11.9. The number of anilines is 4. The molecule has 11 heteroatoms. The fourth-order valence-electron chi connectivity index (χ4n) is 5.28. The molecule has 0 unspecified atom stereocenters. The second-order valence-corrected chi connectivity index (χ2v) is 12.3. The van der Waals surface area contributed by atoms with Gasteiger partial charge < -0.3 is 27.5 Å². The Kier molecular flexibility index (Phi) is 11.0. The Morgan fingerprint density at radius 3 is 1.65 bits per heavy atom. The van der Waals surface area contributed by atoms with Gasteiger partial charge in [0.05, 0.1) is 32.9 Å². The highest BCUT2D eigenvalue weighted by atomic mass is 35.5. The van der Waals surface area contributed by atoms with E-state index in [1.807, 2.05) is 81.4 Å². The predicted octanol–water partition coefficient (Wildman–Crippen LogP) is 8.29. The summed E-state index contributed by atoms with van der Waals surface area (Å²) in [5.74, 6) is -0.391. The molecule has 0 saturated carbocycles. The molecule has 4 aromatic carbocycles. The molecule has 0 aliphatic carbocycles. The third kappa shape index (κ3) is 8.31. The van der Waals surface area contributed by atoms with Gasteiger partial charge in [-0.05, 0) is 112 Å². The van der Waals surface area contributed by atoms with Gasteiger partial charge in [-0.2, -0.15) is 0 Å². The van der Waals surface area contributed by atoms with Crippen molar-refractivity contribution in [2.24, 2.45) is 7.05 Å². The summed E-state index contributed by atoms with van der Waals surface area (Å²) in [6.07, 6.45) is 1.72. The van der Waals surface area contributed by atoms with E-state index in [-0.39, 0.29) is 11.2 Å². The molecule has 8 rings (SSSR count). The largest absolute Gasteiger partial charge is 0.398 e. The lowest BCUT2D eigenvalue weighted by Crippen LogP contribution is -2.15. The molecule has 8 aromatic rings. The van der Waals surface area contributed by atoms with Crippen LogP contribution >= 0.6 is 11.6 Å². The second kappa shape index (κ2) is 15.5. The lowest BCUT2D eigenvalue weighted by Gasteiger charge is -2.03. The van der Waals surface area contributed by atoms with Gasteiger partial charge in [0.2, 0.25) is 0 Å². The molecule has 0 aliphatic rings. The van der Waals surface area contributed by atoms with Gasteiger partial charge in [0.1, 0.15) is 5.82 Å². The minimum atomic E-state index is -0.391. The molecule has 0 amide bonds. The van der Waals surface area contributed by atoms with Gasteiger partial charge in [-0.3, -0.25) is 19.7 Å². The Hall–Kier alpha value is -6.26. The first-order chi connectivity index (χ1) is 24.3. The average molecular weight is 701 g/mol. The minimum absolute atomic E-state index is 0.00944. The Morgan fingerprint density at radius 1 is 0.549 bits per heavy atom. The molecule has 0 fully saturated rings. The highest BCUT2D eigenvalue weighted by Gasteiger charge is 2.05. The smallest absolute Gasteiger partial charge is 0.258 e. The first kappa shape index (κ1) is 36.0. The van der Waals surface area contributed by atoms with Crippen molar-refractivity contribution in [2.75, 3.05) is 22.9 Å². The molecule has 51 heavy (non-hydrogen) atoms. The van der Waals surface area contributed by atoms with Crippen molar-refractivity contribution < 1.29 is 4.39 Å². The van der Waals surface area contributed by atoms with Crippen molar-refractivity contribution >= 4 is 77.8 Å². The molecule has 0 aliphatic heterocycles. The summed E-state index contributed by atoms with van der Waals surface area (Å²) in [5.41, 5.74) is 30.5. The number of fused-ring (bicyclic) bond motifs is 4. The van der Waals surface area contributed by atoms with Crippen LogP contribution in [0.5, 0.6) is 0 Å². The topological polar surface area (TPSA) is 165 Å². The number of benzene rings is 4. The van der Waals surface area contributed by atoms with Crippen molar-refractivity contribution in [3.8, 4) is 0 Å². The molecule has 8 N–H and O–H groups in total. The van der Waals surface area contributed by atoms with Crippen LogP contribution in [0.3, 0.4) is 0 Å². The number of nitrogens with zero attached hydrogens (tertiary/aromatic N) is 4. The zero-order valence-corrected chi connectivity index (χ0v) is 29.4. The lowest BCUT2D eigenvalue weighted by molar-refractivity contribution is 0.634. The van der Waals surface area contributed by atoms with Crippen LogP contribution in [0.15, 0.2) is 114 Å². The third-order valence-corrected chi connectivity index (χ3v) is 8.39. The molecule has 0 bridgehead atoms. The van der Waals surface area contributed by atoms with E-state index in [0.29, 0.717) is 27.2 Å². The highest BCUT2D eigenvalue weighted by molar-refractivity contribution is 6.34. The van der Waals surface area contributed by atoms with Gasteiger partial charge in [-0.15, -0.1) is 0 Å². The SMILES string of the molecule is Cc1ccc2c(N)c(Cl)ccc2n1.Cc1ccc2c(N)c(F)ccc2n1.Cc1ccc2c(N)cccc2n1.Cn1ccc2c(N)cccc2c1=O. The number of aromatic nitrogens is 4. The normalized spacial score (nSPS) is 10.5. The van der Waals surface area contributed by atoms with Crippen molar-refractivity contribution in [3.05, 3.63) is 148 Å². The van der Waals surface area contributed by atoms with Crippen LogP contribution in [0.1, 0.15) is 17.1 Å². The fourth-order valence-corrected chi connectivity index (χ4v) is 5.45. The van der Waals surface area contributed by atoms with E-state index in [1.165, 1.54) is 6.07 Å². The van der Waals surface area contributed by atoms with Crippen LogP contribution in [0.4, 0.5) is 27.1 Å². The monoisotopic (exact) mass is 700 g/mol. The Bertz CT molecular complexity index is 2500. The van der Waals surface area contributed by atoms with Crippen LogP contribution in [-0.4, -0.2) is 19.5 Å². The molecule has 0 spiro atoms. The maximum absolute atomic E-state index is 13.0. The van der Waals surface area contributed by atoms with E-state index < -0.39 is 5.82 Å². The van der Waals surface area contributed by atoms with Gasteiger partial charge >= 0.3 is 0 Å². The van der Waals surface area contributed by atoms with Crippen LogP contribution in [0.25, 0.3) is 43.5 Å². The number of rotatable bonds is 0. The number of pyridine rings is 4. The summed E-state index contributed by atoms with van der Waals surface area (Å²) < 4.78 is 14.5. The number of nitrogens with two attached hydrogens (primary N) is 4. The Labute approximate surface area is 299 Å². The first-order valence-electron chi connectivity index (χ1n) is 15.9. The summed E-state index contributed by atoms with van der Waals surface area (Å²) in [6, 6.07) is 31.1. The summed E-state index contributed by atoms with van der Waals surface area (Å²) in [7, 11) is 1.73. The number of halogens is 2. The van der Waals surface area contributed by atoms with Crippen molar-refractivity contribution in [3.63, 3.8) is 0 Å². The maximum Gasteiger partial charge on any atom is 0.258 e. The van der Waals surface area contributed by atoms with E-state index in [9.17, 15) is 9.18 Å². The fraction of sp³-hybridized carbons (Fsp3) is 0.100. The Morgan fingerprint density at radius 2 is 1.04 bits per heavy atom. The van der Waals surface area contributed by atoms with Gasteiger partial charge in [-0.1, -0.05) is 23.7 Å². The maximum atomic E-state index is 13.0. The first-order valence-corrected chi connectivity index (χ1v) is 16.3. The third-order valence-electron chi connectivity index (χ3n) is 8.06. The van der Waals surface area contributed by atoms with Crippen LogP contribution in [-0.2, 0) is 7.05 Å². The van der Waals surface area contributed by atoms with Crippen molar-refractivity contribution in [1.29, 1.82) is 0 Å². The van der Waals surface area contributed by atoms with E-state index in [4.69, 9.17) is 34.5 Å². The number of hydrogen-bond donors (Lipinski definition) is 4. The minimum Gasteiger partial charge on any atom is -0.398 e. The summed E-state index contributed by atoms with van der Waals surface area (Å²) in [6.45, 7) is 5.81. The zero-order valence-electron chi connectivity index (χ0n) is 28.7. The van der Waals surface area contributed by atoms with E-state index in [0.717, 1.165) is 55.5 Å². The zero-order chi connectivity index (χ0) is 36.8. The van der Waals surface area contributed by atoms with Crippen molar-refractivity contribution in [1.82, 2.24) is 19.5 Å². The molecule has 0 saturated heterocycles. The van der Waals surface area contributed by atoms with E-state index in [1.54, 1.807) is 54.2 Å². The van der Waals surface area contributed by atoms with Crippen LogP contribution in [0, 0.1) is 26.6 Å². The van der Waals surface area contributed by atoms with Crippen molar-refractivity contribution in [2.45, 2.75) is 20.8 Å². The predicted molar refractivity (Wildman–Crippen MR) is 211 cm³/mol. The summed E-state index contributed by atoms with van der Waals surface area (Å²) >= 11 is 5.87. The number of hydrogen-bond acceptors (Lipinski definition) is 8.